The van der Waals surface area contributed by atoms with Crippen molar-refractivity contribution in [2.24, 2.45) is 0 Å². The highest BCUT2D eigenvalue weighted by atomic mass is 32.1. The fraction of sp³-hybridized carbons (Fsp3) is 0. The molecule has 4 rings (SSSR count). The smallest absolute Gasteiger partial charge is 0.277 e. The van der Waals surface area contributed by atoms with Crippen LogP contribution in [-0.2, 0) is 0 Å². The Morgan fingerprint density at radius 3 is 2.88 bits per heavy atom. The Morgan fingerprint density at radius 1 is 1.17 bits per heavy atom. The second-order valence-electron chi connectivity index (χ2n) is 5.05. The van der Waals surface area contributed by atoms with E-state index in [4.69, 9.17) is 0 Å². The lowest BCUT2D eigenvalue weighted by Gasteiger charge is -1.99. The number of nitrogens with zero attached hydrogens (tertiary/aromatic N) is 2. The number of hydrogen-bond donors (Lipinski definition) is 3. The van der Waals surface area contributed by atoms with E-state index in [1.165, 1.54) is 23.5 Å². The Kier molecular flexibility index (Phi) is 3.43. The Hall–Kier alpha value is -3.26. The number of amides is 1. The normalized spacial score (nSPS) is 10.8. The first-order chi connectivity index (χ1) is 11.7. The lowest BCUT2D eigenvalue weighted by atomic mass is 10.1. The molecule has 3 aromatic heterocycles. The molecule has 1 amide bonds. The highest BCUT2D eigenvalue weighted by molar-refractivity contribution is 7.14. The van der Waals surface area contributed by atoms with E-state index in [1.807, 2.05) is 35.8 Å². The van der Waals surface area contributed by atoms with Gasteiger partial charge in [0.05, 0.1) is 5.69 Å². The number of hydrogen-bond acceptors (Lipinski definition) is 5. The summed E-state index contributed by atoms with van der Waals surface area (Å²) in [5, 5.41) is 12.0. The Labute approximate surface area is 139 Å². The number of nitrogens with one attached hydrogen (secondary N) is 3. The molecule has 3 N–H and O–H groups in total. The van der Waals surface area contributed by atoms with Gasteiger partial charge in [-0.25, -0.2) is 10.1 Å². The predicted octanol–water partition coefficient (Wildman–Crippen LogP) is 2.63. The van der Waals surface area contributed by atoms with Gasteiger partial charge in [-0.1, -0.05) is 18.2 Å². The summed E-state index contributed by atoms with van der Waals surface area (Å²) in [7, 11) is 0. The fourth-order valence-corrected chi connectivity index (χ4v) is 3.08. The molecule has 8 heteroatoms. The minimum absolute atomic E-state index is 0.124. The molecular formula is C16H11N5O2S. The first-order valence-electron chi connectivity index (χ1n) is 7.10. The number of aromatic amines is 2. The van der Waals surface area contributed by atoms with Gasteiger partial charge in [0.15, 0.2) is 5.13 Å². The molecule has 0 bridgehead atoms. The lowest BCUT2D eigenvalue weighted by molar-refractivity contribution is 0.102. The summed E-state index contributed by atoms with van der Waals surface area (Å²) in [4.78, 5) is 30.7. The zero-order valence-electron chi connectivity index (χ0n) is 12.2. The SMILES string of the molecule is O=C(Nc1nc(-c2c[nH]c3ccccc23)cs1)c1ccc(=O)[nH]n1. The number of para-hydroxylation sites is 1. The summed E-state index contributed by atoms with van der Waals surface area (Å²) in [6.45, 7) is 0. The molecular weight excluding hydrogens is 326 g/mol. The number of carbonyl (C=O) groups excluding carboxylic acids is 1. The summed E-state index contributed by atoms with van der Waals surface area (Å²) >= 11 is 1.33. The molecule has 1 aromatic carbocycles. The van der Waals surface area contributed by atoms with Crippen LogP contribution >= 0.6 is 11.3 Å². The van der Waals surface area contributed by atoms with Crippen molar-refractivity contribution in [3.8, 4) is 11.3 Å². The summed E-state index contributed by atoms with van der Waals surface area (Å²) in [5.41, 5.74) is 2.55. The van der Waals surface area contributed by atoms with E-state index in [-0.39, 0.29) is 11.3 Å². The number of fused-ring (bicyclic) bond motifs is 1. The average Bonchev–Trinajstić information content (AvgIpc) is 3.22. The Balaban J connectivity index is 1.60. The molecule has 0 aliphatic rings. The maximum atomic E-state index is 12.1. The molecule has 0 spiro atoms. The molecule has 0 aliphatic heterocycles. The van der Waals surface area contributed by atoms with Crippen LogP contribution in [0.1, 0.15) is 10.5 Å². The Bertz CT molecular complexity index is 1070. The van der Waals surface area contributed by atoms with Crippen LogP contribution in [-0.4, -0.2) is 26.1 Å². The maximum absolute atomic E-state index is 12.1. The van der Waals surface area contributed by atoms with Gasteiger partial charge >= 0.3 is 0 Å². The molecule has 4 aromatic rings. The standard InChI is InChI=1S/C16H11N5O2S/c22-14-6-5-12(20-21-14)15(23)19-16-18-13(8-24-16)10-7-17-11-4-2-1-3-9(10)11/h1-8,17H,(H,21,22)(H,18,19,23). The predicted molar refractivity (Wildman–Crippen MR) is 92.2 cm³/mol. The maximum Gasteiger partial charge on any atom is 0.277 e. The minimum atomic E-state index is -0.425. The largest absolute Gasteiger partial charge is 0.360 e. The van der Waals surface area contributed by atoms with Crippen molar-refractivity contribution < 1.29 is 4.79 Å². The van der Waals surface area contributed by atoms with Crippen LogP contribution in [0.4, 0.5) is 5.13 Å². The molecule has 3 heterocycles. The number of H-pyrrole nitrogens is 2. The van der Waals surface area contributed by atoms with Gasteiger partial charge in [-0.05, 0) is 12.1 Å². The van der Waals surface area contributed by atoms with Crippen molar-refractivity contribution in [1.82, 2.24) is 20.2 Å². The van der Waals surface area contributed by atoms with Crippen molar-refractivity contribution in [2.75, 3.05) is 5.32 Å². The van der Waals surface area contributed by atoms with Gasteiger partial charge in [0, 0.05) is 34.1 Å². The second-order valence-corrected chi connectivity index (χ2v) is 5.90. The van der Waals surface area contributed by atoms with Gasteiger partial charge in [-0.3, -0.25) is 14.9 Å². The fourth-order valence-electron chi connectivity index (χ4n) is 2.37. The lowest BCUT2D eigenvalue weighted by Crippen LogP contribution is -2.17. The quantitative estimate of drug-likeness (QED) is 0.534. The molecule has 0 radical (unpaired) electrons. The summed E-state index contributed by atoms with van der Waals surface area (Å²) < 4.78 is 0. The first-order valence-corrected chi connectivity index (χ1v) is 7.98. The number of carbonyl (C=O) groups is 1. The van der Waals surface area contributed by atoms with Crippen LogP contribution < -0.4 is 10.9 Å². The molecule has 0 unspecified atom stereocenters. The monoisotopic (exact) mass is 337 g/mol. The van der Waals surface area contributed by atoms with Crippen molar-refractivity contribution in [3.63, 3.8) is 0 Å². The van der Waals surface area contributed by atoms with E-state index in [9.17, 15) is 9.59 Å². The van der Waals surface area contributed by atoms with Crippen molar-refractivity contribution in [3.05, 3.63) is 64.0 Å². The van der Waals surface area contributed by atoms with Gasteiger partial charge in [-0.2, -0.15) is 5.10 Å². The number of rotatable bonds is 3. The van der Waals surface area contributed by atoms with Crippen LogP contribution in [0.25, 0.3) is 22.2 Å². The zero-order chi connectivity index (χ0) is 16.5. The van der Waals surface area contributed by atoms with Crippen molar-refractivity contribution in [2.45, 2.75) is 0 Å². The molecule has 0 fully saturated rings. The topological polar surface area (TPSA) is 104 Å². The molecule has 0 saturated carbocycles. The number of benzene rings is 1. The van der Waals surface area contributed by atoms with Gasteiger partial charge < -0.3 is 4.98 Å². The number of thiazole rings is 1. The van der Waals surface area contributed by atoms with Crippen LogP contribution in [0, 0.1) is 0 Å². The highest BCUT2D eigenvalue weighted by Crippen LogP contribution is 2.30. The third kappa shape index (κ3) is 2.59. The minimum Gasteiger partial charge on any atom is -0.360 e. The van der Waals surface area contributed by atoms with Gasteiger partial charge in [-0.15, -0.1) is 11.3 Å². The third-order valence-corrected chi connectivity index (χ3v) is 4.26. The number of aromatic nitrogens is 4. The highest BCUT2D eigenvalue weighted by Gasteiger charge is 2.13. The second kappa shape index (κ2) is 5.74. The molecule has 0 atom stereocenters. The van der Waals surface area contributed by atoms with E-state index < -0.39 is 5.91 Å². The molecule has 7 nitrogen and oxygen atoms in total. The van der Waals surface area contributed by atoms with Crippen LogP contribution in [0.3, 0.4) is 0 Å². The molecule has 0 aliphatic carbocycles. The summed E-state index contributed by atoms with van der Waals surface area (Å²) in [6.07, 6.45) is 1.90. The number of anilines is 1. The van der Waals surface area contributed by atoms with Gasteiger partial charge in [0.25, 0.3) is 11.5 Å². The Morgan fingerprint density at radius 2 is 2.04 bits per heavy atom. The van der Waals surface area contributed by atoms with E-state index in [0.29, 0.717) is 5.13 Å². The molecule has 118 valence electrons. The first kappa shape index (κ1) is 14.3. The van der Waals surface area contributed by atoms with Crippen LogP contribution in [0.15, 0.2) is 52.8 Å². The molecule has 0 saturated heterocycles. The van der Waals surface area contributed by atoms with E-state index in [2.05, 4.69) is 25.5 Å². The van der Waals surface area contributed by atoms with E-state index in [1.54, 1.807) is 0 Å². The van der Waals surface area contributed by atoms with E-state index >= 15 is 0 Å². The van der Waals surface area contributed by atoms with E-state index in [0.717, 1.165) is 22.2 Å². The van der Waals surface area contributed by atoms with Crippen molar-refractivity contribution in [1.29, 1.82) is 0 Å². The zero-order valence-corrected chi connectivity index (χ0v) is 13.1. The summed E-state index contributed by atoms with van der Waals surface area (Å²) in [6, 6.07) is 10.6. The third-order valence-electron chi connectivity index (χ3n) is 3.50. The van der Waals surface area contributed by atoms with Gasteiger partial charge in [0.1, 0.15) is 5.69 Å². The van der Waals surface area contributed by atoms with Crippen LogP contribution in [0.5, 0.6) is 0 Å². The van der Waals surface area contributed by atoms with Crippen LogP contribution in [0.2, 0.25) is 0 Å². The summed E-state index contributed by atoms with van der Waals surface area (Å²) in [5.74, 6) is -0.425. The average molecular weight is 337 g/mol. The van der Waals surface area contributed by atoms with Crippen molar-refractivity contribution >= 4 is 33.3 Å². The van der Waals surface area contributed by atoms with Gasteiger partial charge in [0.2, 0.25) is 0 Å². The molecule has 24 heavy (non-hydrogen) atoms.